The lowest BCUT2D eigenvalue weighted by molar-refractivity contribution is -0.137. The number of nitrogens with one attached hydrogen (secondary N) is 3. The molecule has 1 spiro atoms. The number of benzene rings is 1. The number of fused-ring (bicyclic) bond motifs is 1. The van der Waals surface area contributed by atoms with Gasteiger partial charge in [-0.25, -0.2) is 4.98 Å². The lowest BCUT2D eigenvalue weighted by Crippen LogP contribution is -2.58. The number of hydrogen-bond acceptors (Lipinski definition) is 6. The summed E-state index contributed by atoms with van der Waals surface area (Å²) in [4.78, 5) is 44.7. The van der Waals surface area contributed by atoms with E-state index in [9.17, 15) is 14.4 Å². The smallest absolute Gasteiger partial charge is 0.255 e. The van der Waals surface area contributed by atoms with E-state index in [1.54, 1.807) is 24.1 Å². The third-order valence-corrected chi connectivity index (χ3v) is 6.29. The monoisotopic (exact) mass is 413 g/mol. The number of likely N-dealkylation sites (tertiary alicyclic amines) is 1. The summed E-state index contributed by atoms with van der Waals surface area (Å²) in [5, 5.41) is 9.76. The molecule has 9 heteroatoms. The first kappa shape index (κ1) is 19.4. The van der Waals surface area contributed by atoms with Gasteiger partial charge in [0, 0.05) is 36.1 Å². The molecule has 0 radical (unpaired) electrons. The Labute approximate surface area is 172 Å². The van der Waals surface area contributed by atoms with Crippen molar-refractivity contribution in [3.8, 4) is 0 Å². The third-order valence-electron chi connectivity index (χ3n) is 5.46. The molecule has 29 heavy (non-hydrogen) atoms. The maximum Gasteiger partial charge on any atom is 0.255 e. The standard InChI is InChI=1S/C20H23N5O3S/c1-12-11-21-19(29-12)22-17(27)13(2)25-10-9-20(8-7-16(25)26)23-15-6-4-3-5-14(15)18(28)24-20/h3-6,11,13,23H,7-10H2,1-2H3,(H,24,28)(H,21,22,27)/t13-,20-/m0/s1. The molecule has 152 valence electrons. The van der Waals surface area contributed by atoms with Gasteiger partial charge in [0.1, 0.15) is 11.7 Å². The Morgan fingerprint density at radius 1 is 1.28 bits per heavy atom. The van der Waals surface area contributed by atoms with Gasteiger partial charge in [-0.15, -0.1) is 11.3 Å². The predicted octanol–water partition coefficient (Wildman–Crippen LogP) is 2.34. The summed E-state index contributed by atoms with van der Waals surface area (Å²) in [6.07, 6.45) is 2.90. The predicted molar refractivity (Wildman–Crippen MR) is 111 cm³/mol. The molecule has 8 nitrogen and oxygen atoms in total. The van der Waals surface area contributed by atoms with E-state index in [-0.39, 0.29) is 24.1 Å². The van der Waals surface area contributed by atoms with Crippen LogP contribution < -0.4 is 16.0 Å². The van der Waals surface area contributed by atoms with Gasteiger partial charge in [0.05, 0.1) is 5.56 Å². The topological polar surface area (TPSA) is 103 Å². The fraction of sp³-hybridized carbons (Fsp3) is 0.400. The molecule has 2 aliphatic rings. The number of anilines is 2. The van der Waals surface area contributed by atoms with Crippen LogP contribution in [0.3, 0.4) is 0 Å². The van der Waals surface area contributed by atoms with E-state index in [0.717, 1.165) is 10.6 Å². The van der Waals surface area contributed by atoms with Gasteiger partial charge >= 0.3 is 0 Å². The van der Waals surface area contributed by atoms with E-state index < -0.39 is 11.7 Å². The largest absolute Gasteiger partial charge is 0.362 e. The first-order valence-corrected chi connectivity index (χ1v) is 10.4. The second-order valence-corrected chi connectivity index (χ2v) is 8.72. The van der Waals surface area contributed by atoms with Gasteiger partial charge in [-0.05, 0) is 32.4 Å². The molecule has 4 rings (SSSR count). The van der Waals surface area contributed by atoms with Gasteiger partial charge in [-0.3, -0.25) is 14.4 Å². The quantitative estimate of drug-likeness (QED) is 0.717. The van der Waals surface area contributed by atoms with Crippen molar-refractivity contribution in [1.82, 2.24) is 15.2 Å². The molecule has 3 N–H and O–H groups in total. The molecular weight excluding hydrogens is 390 g/mol. The highest BCUT2D eigenvalue weighted by atomic mass is 32.1. The average Bonchev–Trinajstić information content (AvgIpc) is 3.04. The van der Waals surface area contributed by atoms with Crippen molar-refractivity contribution in [2.45, 2.75) is 44.8 Å². The van der Waals surface area contributed by atoms with E-state index in [4.69, 9.17) is 0 Å². The minimum Gasteiger partial charge on any atom is -0.362 e. The number of aryl methyl sites for hydroxylation is 1. The molecule has 0 aliphatic carbocycles. The molecule has 2 aromatic rings. The highest BCUT2D eigenvalue weighted by Crippen LogP contribution is 2.32. The molecule has 3 amide bonds. The van der Waals surface area contributed by atoms with Crippen LogP contribution in [0.15, 0.2) is 30.5 Å². The second kappa shape index (κ2) is 7.47. The summed E-state index contributed by atoms with van der Waals surface area (Å²) in [5.74, 6) is -0.519. The van der Waals surface area contributed by atoms with Gasteiger partial charge < -0.3 is 20.9 Å². The summed E-state index contributed by atoms with van der Waals surface area (Å²) in [5.41, 5.74) is 0.664. The van der Waals surface area contributed by atoms with Crippen molar-refractivity contribution >= 4 is 39.9 Å². The van der Waals surface area contributed by atoms with Crippen molar-refractivity contribution < 1.29 is 14.4 Å². The van der Waals surface area contributed by atoms with Crippen LogP contribution in [0.4, 0.5) is 10.8 Å². The fourth-order valence-corrected chi connectivity index (χ4v) is 4.48. The van der Waals surface area contributed by atoms with E-state index in [1.807, 2.05) is 25.1 Å². The number of carbonyl (C=O) groups is 3. The summed E-state index contributed by atoms with van der Waals surface area (Å²) in [6, 6.07) is 6.70. The van der Waals surface area contributed by atoms with Crippen LogP contribution in [0, 0.1) is 6.92 Å². The lowest BCUT2D eigenvalue weighted by atomic mass is 9.95. The fourth-order valence-electron chi connectivity index (χ4n) is 3.81. The summed E-state index contributed by atoms with van der Waals surface area (Å²) < 4.78 is 0. The average molecular weight is 414 g/mol. The molecule has 0 unspecified atom stereocenters. The molecule has 1 aromatic heterocycles. The van der Waals surface area contributed by atoms with E-state index in [2.05, 4.69) is 20.9 Å². The summed E-state index contributed by atoms with van der Waals surface area (Å²) in [6.45, 7) is 3.99. The van der Waals surface area contributed by atoms with Crippen molar-refractivity contribution in [2.24, 2.45) is 0 Å². The first-order chi connectivity index (χ1) is 13.9. The van der Waals surface area contributed by atoms with E-state index >= 15 is 0 Å². The Morgan fingerprint density at radius 2 is 2.07 bits per heavy atom. The zero-order chi connectivity index (χ0) is 20.6. The lowest BCUT2D eigenvalue weighted by Gasteiger charge is -2.40. The summed E-state index contributed by atoms with van der Waals surface area (Å²) in [7, 11) is 0. The molecule has 3 heterocycles. The molecule has 2 atom stereocenters. The van der Waals surface area contributed by atoms with Crippen molar-refractivity contribution in [1.29, 1.82) is 0 Å². The van der Waals surface area contributed by atoms with Crippen LogP contribution in [0.1, 0.15) is 41.4 Å². The van der Waals surface area contributed by atoms with Crippen LogP contribution >= 0.6 is 11.3 Å². The van der Waals surface area contributed by atoms with Gasteiger partial charge in [0.25, 0.3) is 5.91 Å². The molecule has 0 bridgehead atoms. The Kier molecular flexibility index (Phi) is 4.99. The molecule has 2 aliphatic heterocycles. The van der Waals surface area contributed by atoms with Gasteiger partial charge in [0.15, 0.2) is 5.13 Å². The second-order valence-electron chi connectivity index (χ2n) is 7.49. The number of nitrogens with zero attached hydrogens (tertiary/aromatic N) is 2. The molecule has 1 saturated heterocycles. The molecule has 0 saturated carbocycles. The highest BCUT2D eigenvalue weighted by Gasteiger charge is 2.41. The maximum absolute atomic E-state index is 12.8. The number of hydrogen-bond donors (Lipinski definition) is 3. The highest BCUT2D eigenvalue weighted by molar-refractivity contribution is 7.15. The Morgan fingerprint density at radius 3 is 2.83 bits per heavy atom. The molecule has 1 fully saturated rings. The normalized spacial score (nSPS) is 22.3. The van der Waals surface area contributed by atoms with E-state index in [1.165, 1.54) is 11.3 Å². The summed E-state index contributed by atoms with van der Waals surface area (Å²) >= 11 is 1.39. The number of para-hydroxylation sites is 1. The van der Waals surface area contributed by atoms with Crippen molar-refractivity contribution in [2.75, 3.05) is 17.2 Å². The van der Waals surface area contributed by atoms with Gasteiger partial charge in [0.2, 0.25) is 11.8 Å². The number of carbonyl (C=O) groups excluding carboxylic acids is 3. The Hall–Kier alpha value is -2.94. The van der Waals surface area contributed by atoms with Gasteiger partial charge in [-0.2, -0.15) is 0 Å². The minimum absolute atomic E-state index is 0.102. The van der Waals surface area contributed by atoms with Crippen LogP contribution in [-0.2, 0) is 9.59 Å². The minimum atomic E-state index is -0.696. The number of thiazole rings is 1. The Bertz CT molecular complexity index is 975. The number of rotatable bonds is 3. The third kappa shape index (κ3) is 3.82. The van der Waals surface area contributed by atoms with Crippen molar-refractivity contribution in [3.05, 3.63) is 40.9 Å². The number of amides is 3. The van der Waals surface area contributed by atoms with Crippen LogP contribution in [0.25, 0.3) is 0 Å². The molecule has 1 aromatic carbocycles. The van der Waals surface area contributed by atoms with Gasteiger partial charge in [-0.1, -0.05) is 12.1 Å². The van der Waals surface area contributed by atoms with Crippen molar-refractivity contribution in [3.63, 3.8) is 0 Å². The van der Waals surface area contributed by atoms with Crippen LogP contribution in [-0.4, -0.2) is 45.9 Å². The SMILES string of the molecule is Cc1cnc(NC(=O)[C@H](C)N2CC[C@]3(CCC2=O)NC(=O)c2ccccc2N3)s1. The Balaban J connectivity index is 1.48. The van der Waals surface area contributed by atoms with E-state index in [0.29, 0.717) is 30.1 Å². The molecular formula is C20H23N5O3S. The van der Waals surface area contributed by atoms with Crippen LogP contribution in [0.2, 0.25) is 0 Å². The number of aromatic nitrogens is 1. The zero-order valence-corrected chi connectivity index (χ0v) is 17.1. The maximum atomic E-state index is 12.8. The zero-order valence-electron chi connectivity index (χ0n) is 16.3. The first-order valence-electron chi connectivity index (χ1n) is 9.59. The van der Waals surface area contributed by atoms with Crippen LogP contribution in [0.5, 0.6) is 0 Å².